The number of aromatic nitrogens is 2. The summed E-state index contributed by atoms with van der Waals surface area (Å²) in [6.45, 7) is 9.61. The second-order valence-electron chi connectivity index (χ2n) is 10.1. The van der Waals surface area contributed by atoms with Gasteiger partial charge in [-0.2, -0.15) is 0 Å². The maximum Gasteiger partial charge on any atom is 0.255 e. The Morgan fingerprint density at radius 1 is 1.14 bits per heavy atom. The molecule has 2 aromatic rings. The van der Waals surface area contributed by atoms with Crippen LogP contribution in [0.5, 0.6) is 5.75 Å². The second kappa shape index (κ2) is 11.2. The summed E-state index contributed by atoms with van der Waals surface area (Å²) in [6, 6.07) is 7.11. The van der Waals surface area contributed by atoms with Crippen LogP contribution in [-0.4, -0.2) is 59.0 Å². The van der Waals surface area contributed by atoms with Crippen LogP contribution >= 0.6 is 0 Å². The molecule has 1 atom stereocenters. The molecule has 2 amide bonds. The molecule has 1 fully saturated rings. The van der Waals surface area contributed by atoms with E-state index in [1.54, 1.807) is 12.1 Å². The van der Waals surface area contributed by atoms with Crippen molar-refractivity contribution in [1.82, 2.24) is 25.5 Å². The number of H-pyrrole nitrogens is 1. The molecular formula is C27H39N5O3. The number of aryl methyl sites for hydroxylation is 2. The number of nitrogens with zero attached hydrogens (tertiary/aromatic N) is 2. The Bertz CT molecular complexity index is 1030. The number of ether oxygens (including phenoxy) is 1. The molecule has 0 saturated carbocycles. The molecule has 0 aliphatic carbocycles. The third kappa shape index (κ3) is 6.04. The van der Waals surface area contributed by atoms with Crippen LogP contribution in [0.15, 0.2) is 24.3 Å². The number of rotatable bonds is 3. The number of nitrogens with one attached hydrogen (secondary N) is 3. The molecule has 190 valence electrons. The highest BCUT2D eigenvalue weighted by Gasteiger charge is 2.41. The molecule has 3 heterocycles. The topological polar surface area (TPSA) is 99.3 Å². The number of hydrogen-bond donors (Lipinski definition) is 3. The molecule has 0 bridgehead atoms. The van der Waals surface area contributed by atoms with Gasteiger partial charge in [-0.15, -0.1) is 0 Å². The standard InChI is InChI=1S/C27H39N5O3/c1-4-24-30-20(3)22(31-24)17-32-15-12-27(13-16-32)11-7-8-14-28-25(33)21-9-5-6-10-23(21)35-18-19(2)29-26(27)34/h5-6,9-10,19H,4,7-8,11-18H2,1-3H3,(H,28,33)(H,29,34)(H,30,31)/t19-/m1/s1. The summed E-state index contributed by atoms with van der Waals surface area (Å²) >= 11 is 0. The fraction of sp³-hybridized carbons (Fsp3) is 0.593. The normalized spacial score (nSPS) is 22.0. The smallest absolute Gasteiger partial charge is 0.255 e. The highest BCUT2D eigenvalue weighted by atomic mass is 16.5. The second-order valence-corrected chi connectivity index (χ2v) is 10.1. The number of likely N-dealkylation sites (tertiary alicyclic amines) is 1. The van der Waals surface area contributed by atoms with E-state index < -0.39 is 0 Å². The van der Waals surface area contributed by atoms with Crippen LogP contribution < -0.4 is 15.4 Å². The number of carbonyl (C=O) groups is 2. The van der Waals surface area contributed by atoms with Crippen LogP contribution in [-0.2, 0) is 17.8 Å². The number of carbonyl (C=O) groups excluding carboxylic acids is 2. The summed E-state index contributed by atoms with van der Waals surface area (Å²) in [5.74, 6) is 1.59. The molecule has 1 saturated heterocycles. The Morgan fingerprint density at radius 2 is 1.91 bits per heavy atom. The third-order valence-electron chi connectivity index (χ3n) is 7.40. The Morgan fingerprint density at radius 3 is 2.66 bits per heavy atom. The summed E-state index contributed by atoms with van der Waals surface area (Å²) < 4.78 is 5.95. The minimum atomic E-state index is -0.383. The van der Waals surface area contributed by atoms with Crippen molar-refractivity contribution >= 4 is 11.8 Å². The highest BCUT2D eigenvalue weighted by molar-refractivity contribution is 5.96. The molecule has 3 N–H and O–H groups in total. The van der Waals surface area contributed by atoms with Crippen LogP contribution in [0.2, 0.25) is 0 Å². The summed E-state index contributed by atoms with van der Waals surface area (Å²) in [4.78, 5) is 36.7. The zero-order valence-corrected chi connectivity index (χ0v) is 21.3. The van der Waals surface area contributed by atoms with E-state index in [4.69, 9.17) is 9.72 Å². The fourth-order valence-electron chi connectivity index (χ4n) is 5.13. The van der Waals surface area contributed by atoms with Crippen molar-refractivity contribution in [1.29, 1.82) is 0 Å². The highest BCUT2D eigenvalue weighted by Crippen LogP contribution is 2.37. The van der Waals surface area contributed by atoms with E-state index in [2.05, 4.69) is 34.4 Å². The van der Waals surface area contributed by atoms with Gasteiger partial charge < -0.3 is 20.4 Å². The largest absolute Gasteiger partial charge is 0.491 e. The Labute approximate surface area is 208 Å². The molecule has 35 heavy (non-hydrogen) atoms. The summed E-state index contributed by atoms with van der Waals surface area (Å²) in [5, 5.41) is 6.24. The van der Waals surface area contributed by atoms with Gasteiger partial charge in [0.05, 0.1) is 22.7 Å². The first-order valence-electron chi connectivity index (χ1n) is 13.0. The lowest BCUT2D eigenvalue weighted by molar-refractivity contribution is -0.135. The molecule has 8 heteroatoms. The predicted octanol–water partition coefficient (Wildman–Crippen LogP) is 3.36. The van der Waals surface area contributed by atoms with Crippen molar-refractivity contribution in [3.63, 3.8) is 0 Å². The lowest BCUT2D eigenvalue weighted by atomic mass is 9.73. The van der Waals surface area contributed by atoms with E-state index >= 15 is 0 Å². The number of fused-ring (bicyclic) bond motifs is 1. The van der Waals surface area contributed by atoms with Gasteiger partial charge in [0.25, 0.3) is 5.91 Å². The van der Waals surface area contributed by atoms with Crippen molar-refractivity contribution in [3.8, 4) is 5.75 Å². The van der Waals surface area contributed by atoms with Crippen molar-refractivity contribution < 1.29 is 14.3 Å². The van der Waals surface area contributed by atoms with E-state index in [9.17, 15) is 9.59 Å². The molecule has 8 nitrogen and oxygen atoms in total. The molecule has 1 aromatic carbocycles. The molecule has 1 aromatic heterocycles. The number of amides is 2. The van der Waals surface area contributed by atoms with Crippen LogP contribution in [0.4, 0.5) is 0 Å². The predicted molar refractivity (Wildman–Crippen MR) is 135 cm³/mol. The van der Waals surface area contributed by atoms with Crippen molar-refractivity contribution in [2.75, 3.05) is 26.2 Å². The van der Waals surface area contributed by atoms with E-state index in [-0.39, 0.29) is 23.3 Å². The van der Waals surface area contributed by atoms with Gasteiger partial charge in [-0.25, -0.2) is 4.98 Å². The molecule has 2 aliphatic heterocycles. The fourth-order valence-corrected chi connectivity index (χ4v) is 5.13. The van der Waals surface area contributed by atoms with Gasteiger partial charge in [0.2, 0.25) is 5.91 Å². The Hall–Kier alpha value is -2.87. The molecule has 1 spiro atoms. The quantitative estimate of drug-likeness (QED) is 0.624. The lowest BCUT2D eigenvalue weighted by Gasteiger charge is -2.41. The zero-order valence-electron chi connectivity index (χ0n) is 21.3. The molecule has 4 rings (SSSR count). The summed E-state index contributed by atoms with van der Waals surface area (Å²) in [6.07, 6.45) is 5.12. The first-order valence-corrected chi connectivity index (χ1v) is 13.0. The third-order valence-corrected chi connectivity index (χ3v) is 7.40. The van der Waals surface area contributed by atoms with E-state index in [0.29, 0.717) is 24.5 Å². The number of piperidine rings is 1. The average molecular weight is 482 g/mol. The molecule has 0 radical (unpaired) electrons. The molecule has 2 aliphatic rings. The monoisotopic (exact) mass is 481 g/mol. The number of para-hydroxylation sites is 1. The van der Waals surface area contributed by atoms with Crippen molar-refractivity contribution in [2.45, 2.75) is 71.9 Å². The van der Waals surface area contributed by atoms with Crippen LogP contribution in [0, 0.1) is 12.3 Å². The first kappa shape index (κ1) is 25.2. The van der Waals surface area contributed by atoms with Crippen molar-refractivity contribution in [2.24, 2.45) is 5.41 Å². The minimum absolute atomic E-state index is 0.114. The molecular weight excluding hydrogens is 442 g/mol. The van der Waals surface area contributed by atoms with Gasteiger partial charge in [0.15, 0.2) is 0 Å². The van der Waals surface area contributed by atoms with Crippen molar-refractivity contribution in [3.05, 3.63) is 47.0 Å². The Balaban J connectivity index is 1.42. The van der Waals surface area contributed by atoms with Gasteiger partial charge in [0, 0.05) is 25.2 Å². The molecule has 0 unspecified atom stereocenters. The lowest BCUT2D eigenvalue weighted by Crippen LogP contribution is -2.51. The average Bonchev–Trinajstić information content (AvgIpc) is 3.22. The maximum atomic E-state index is 13.6. The van der Waals surface area contributed by atoms with Gasteiger partial charge >= 0.3 is 0 Å². The first-order chi connectivity index (χ1) is 16.9. The van der Waals surface area contributed by atoms with Crippen LogP contribution in [0.3, 0.4) is 0 Å². The van der Waals surface area contributed by atoms with E-state index in [1.807, 2.05) is 19.1 Å². The number of benzene rings is 1. The van der Waals surface area contributed by atoms with Crippen LogP contribution in [0.1, 0.15) is 73.5 Å². The SMILES string of the molecule is CCc1nc(CN2CCC3(CCCCNC(=O)c4ccccc4OC[C@@H](C)NC3=O)CC2)c(C)[nH]1. The minimum Gasteiger partial charge on any atom is -0.491 e. The van der Waals surface area contributed by atoms with Gasteiger partial charge in [-0.05, 0) is 64.8 Å². The number of aromatic amines is 1. The summed E-state index contributed by atoms with van der Waals surface area (Å²) in [7, 11) is 0. The van der Waals surface area contributed by atoms with E-state index in [1.165, 1.54) is 0 Å². The van der Waals surface area contributed by atoms with Gasteiger partial charge in [-0.3, -0.25) is 14.5 Å². The zero-order chi connectivity index (χ0) is 24.8. The van der Waals surface area contributed by atoms with E-state index in [0.717, 1.165) is 75.4 Å². The number of imidazole rings is 1. The summed E-state index contributed by atoms with van der Waals surface area (Å²) in [5.41, 5.74) is 2.39. The van der Waals surface area contributed by atoms with Crippen LogP contribution in [0.25, 0.3) is 0 Å². The number of hydrogen-bond acceptors (Lipinski definition) is 5. The Kier molecular flexibility index (Phi) is 8.11. The maximum absolute atomic E-state index is 13.6. The van der Waals surface area contributed by atoms with Gasteiger partial charge in [0.1, 0.15) is 18.2 Å². The van der Waals surface area contributed by atoms with Gasteiger partial charge in [-0.1, -0.05) is 25.5 Å².